The van der Waals surface area contributed by atoms with Gasteiger partial charge in [0.25, 0.3) is 0 Å². The van der Waals surface area contributed by atoms with E-state index in [0.717, 1.165) is 10.4 Å². The number of benzene rings is 1. The lowest BCUT2D eigenvalue weighted by Gasteiger charge is -2.25. The largest absolute Gasteiger partial charge is 0.120 e. The molecule has 1 saturated carbocycles. The Hall–Kier alpha value is -0.740. The van der Waals surface area contributed by atoms with Crippen molar-refractivity contribution in [1.82, 2.24) is 0 Å². The second-order valence-corrected chi connectivity index (χ2v) is 5.18. The van der Waals surface area contributed by atoms with Crippen molar-refractivity contribution in [3.8, 4) is 12.3 Å². The normalized spacial score (nSPS) is 25.9. The van der Waals surface area contributed by atoms with E-state index in [1.807, 2.05) is 0 Å². The molecule has 1 aliphatic carbocycles. The lowest BCUT2D eigenvalue weighted by atomic mass is 9.79. The molecule has 0 spiro atoms. The Bertz CT molecular complexity index is 350. The summed E-state index contributed by atoms with van der Waals surface area (Å²) in [7, 11) is 0. The summed E-state index contributed by atoms with van der Waals surface area (Å²) in [5.41, 5.74) is 1.47. The maximum Gasteiger partial charge on any atom is 0.0200 e. The molecule has 1 aromatic carbocycles. The summed E-state index contributed by atoms with van der Waals surface area (Å²) in [5.74, 6) is 4.13. The number of terminal acetylenes is 1. The zero-order valence-electron chi connectivity index (χ0n) is 8.75. The zero-order valence-corrected chi connectivity index (χ0v) is 10.3. The maximum absolute atomic E-state index is 5.45. The standard InChI is InChI=1S/C14H15Br/c1-2-11-3-5-12(6-4-11)13-7-9-14(15)10-8-13/h1,7-12H,3-6H2. The van der Waals surface area contributed by atoms with Gasteiger partial charge in [0.05, 0.1) is 0 Å². The lowest BCUT2D eigenvalue weighted by Crippen LogP contribution is -2.11. The fraction of sp³-hybridized carbons (Fsp3) is 0.429. The molecule has 1 fully saturated rings. The van der Waals surface area contributed by atoms with E-state index in [-0.39, 0.29) is 0 Å². The van der Waals surface area contributed by atoms with Gasteiger partial charge in [-0.2, -0.15) is 0 Å². The Kier molecular flexibility index (Phi) is 3.49. The van der Waals surface area contributed by atoms with Crippen molar-refractivity contribution in [3.05, 3.63) is 34.3 Å². The minimum atomic E-state index is 0.525. The van der Waals surface area contributed by atoms with Crippen LogP contribution in [0.2, 0.25) is 0 Å². The summed E-state index contributed by atoms with van der Waals surface area (Å²) in [5, 5.41) is 0. The van der Waals surface area contributed by atoms with Gasteiger partial charge in [-0.3, -0.25) is 0 Å². The minimum absolute atomic E-state index is 0.525. The van der Waals surface area contributed by atoms with E-state index >= 15 is 0 Å². The van der Waals surface area contributed by atoms with Gasteiger partial charge in [0.2, 0.25) is 0 Å². The van der Waals surface area contributed by atoms with E-state index in [9.17, 15) is 0 Å². The molecule has 0 saturated heterocycles. The molecule has 78 valence electrons. The third-order valence-corrected chi connectivity index (χ3v) is 3.83. The molecule has 0 amide bonds. The molecule has 0 aromatic heterocycles. The number of rotatable bonds is 1. The van der Waals surface area contributed by atoms with Gasteiger partial charge >= 0.3 is 0 Å². The highest BCUT2D eigenvalue weighted by molar-refractivity contribution is 9.10. The van der Waals surface area contributed by atoms with Crippen LogP contribution >= 0.6 is 15.9 Å². The van der Waals surface area contributed by atoms with Crippen molar-refractivity contribution in [3.63, 3.8) is 0 Å². The average molecular weight is 263 g/mol. The van der Waals surface area contributed by atoms with E-state index < -0.39 is 0 Å². The predicted molar refractivity (Wildman–Crippen MR) is 67.7 cm³/mol. The fourth-order valence-corrected chi connectivity index (χ4v) is 2.59. The van der Waals surface area contributed by atoms with Crippen molar-refractivity contribution >= 4 is 15.9 Å². The fourth-order valence-electron chi connectivity index (χ4n) is 2.33. The van der Waals surface area contributed by atoms with Crippen molar-refractivity contribution < 1.29 is 0 Å². The third-order valence-electron chi connectivity index (χ3n) is 3.30. The van der Waals surface area contributed by atoms with E-state index in [1.165, 1.54) is 31.2 Å². The minimum Gasteiger partial charge on any atom is -0.120 e. The van der Waals surface area contributed by atoms with Gasteiger partial charge in [0, 0.05) is 10.4 Å². The molecule has 1 aliphatic rings. The SMILES string of the molecule is C#CC1CCC(c2ccc(Br)cc2)CC1. The van der Waals surface area contributed by atoms with Gasteiger partial charge in [0.15, 0.2) is 0 Å². The second kappa shape index (κ2) is 4.86. The first-order valence-corrected chi connectivity index (χ1v) is 6.30. The molecular weight excluding hydrogens is 248 g/mol. The van der Waals surface area contributed by atoms with E-state index in [2.05, 4.69) is 46.1 Å². The van der Waals surface area contributed by atoms with Crippen LogP contribution in [0.25, 0.3) is 0 Å². The monoisotopic (exact) mass is 262 g/mol. The molecule has 1 heteroatoms. The predicted octanol–water partition coefficient (Wildman–Crippen LogP) is 4.36. The van der Waals surface area contributed by atoms with Crippen LogP contribution in [0.1, 0.15) is 37.2 Å². The Balaban J connectivity index is 2.02. The molecule has 0 heterocycles. The van der Waals surface area contributed by atoms with Crippen LogP contribution in [0.15, 0.2) is 28.7 Å². The molecule has 0 atom stereocenters. The van der Waals surface area contributed by atoms with Gasteiger partial charge in [-0.15, -0.1) is 12.3 Å². The summed E-state index contributed by atoms with van der Waals surface area (Å²) in [6, 6.07) is 8.71. The van der Waals surface area contributed by atoms with Crippen molar-refractivity contribution in [1.29, 1.82) is 0 Å². The highest BCUT2D eigenvalue weighted by Gasteiger charge is 2.20. The van der Waals surface area contributed by atoms with Gasteiger partial charge in [0.1, 0.15) is 0 Å². The van der Waals surface area contributed by atoms with Crippen molar-refractivity contribution in [2.75, 3.05) is 0 Å². The topological polar surface area (TPSA) is 0 Å². The zero-order chi connectivity index (χ0) is 10.7. The van der Waals surface area contributed by atoms with Gasteiger partial charge in [-0.05, 0) is 49.3 Å². The Morgan fingerprint density at radius 3 is 2.20 bits per heavy atom. The number of hydrogen-bond donors (Lipinski definition) is 0. The Morgan fingerprint density at radius 2 is 1.67 bits per heavy atom. The van der Waals surface area contributed by atoms with Crippen molar-refractivity contribution in [2.45, 2.75) is 31.6 Å². The van der Waals surface area contributed by atoms with Crippen molar-refractivity contribution in [2.24, 2.45) is 5.92 Å². The Labute approximate surface area is 100 Å². The molecule has 0 aliphatic heterocycles. The third kappa shape index (κ3) is 2.63. The van der Waals surface area contributed by atoms with Crippen LogP contribution in [-0.2, 0) is 0 Å². The summed E-state index contributed by atoms with van der Waals surface area (Å²) < 4.78 is 1.16. The van der Waals surface area contributed by atoms with Crippen LogP contribution in [-0.4, -0.2) is 0 Å². The first-order chi connectivity index (χ1) is 7.29. The maximum atomic E-state index is 5.45. The smallest absolute Gasteiger partial charge is 0.0200 e. The van der Waals surface area contributed by atoms with E-state index in [0.29, 0.717) is 5.92 Å². The van der Waals surface area contributed by atoms with Crippen LogP contribution < -0.4 is 0 Å². The number of halogens is 1. The first kappa shape index (κ1) is 10.8. The van der Waals surface area contributed by atoms with Gasteiger partial charge < -0.3 is 0 Å². The molecule has 0 unspecified atom stereocenters. The molecule has 0 N–H and O–H groups in total. The van der Waals surface area contributed by atoms with Crippen LogP contribution in [0.4, 0.5) is 0 Å². The molecule has 0 nitrogen and oxygen atoms in total. The highest BCUT2D eigenvalue weighted by Crippen LogP contribution is 2.35. The second-order valence-electron chi connectivity index (χ2n) is 4.27. The van der Waals surface area contributed by atoms with Gasteiger partial charge in [-0.25, -0.2) is 0 Å². The summed E-state index contributed by atoms with van der Waals surface area (Å²) in [4.78, 5) is 0. The van der Waals surface area contributed by atoms with Crippen LogP contribution in [0.3, 0.4) is 0 Å². The molecule has 2 rings (SSSR count). The van der Waals surface area contributed by atoms with E-state index in [1.54, 1.807) is 0 Å². The quantitative estimate of drug-likeness (QED) is 0.660. The van der Waals surface area contributed by atoms with Crippen LogP contribution in [0, 0.1) is 18.3 Å². The molecular formula is C14H15Br. The summed E-state index contributed by atoms with van der Waals surface area (Å²) in [6.45, 7) is 0. The summed E-state index contributed by atoms with van der Waals surface area (Å²) in [6.07, 6.45) is 10.3. The van der Waals surface area contributed by atoms with Gasteiger partial charge in [-0.1, -0.05) is 28.1 Å². The highest BCUT2D eigenvalue weighted by atomic mass is 79.9. The first-order valence-electron chi connectivity index (χ1n) is 5.51. The average Bonchev–Trinajstić information content (AvgIpc) is 2.30. The van der Waals surface area contributed by atoms with E-state index in [4.69, 9.17) is 6.42 Å². The molecule has 0 radical (unpaired) electrons. The molecule has 1 aromatic rings. The molecule has 15 heavy (non-hydrogen) atoms. The lowest BCUT2D eigenvalue weighted by molar-refractivity contribution is 0.385. The Morgan fingerprint density at radius 1 is 1.07 bits per heavy atom. The number of hydrogen-bond acceptors (Lipinski definition) is 0. The molecule has 0 bridgehead atoms. The summed E-state index contributed by atoms with van der Waals surface area (Å²) >= 11 is 3.46. The van der Waals surface area contributed by atoms with Crippen LogP contribution in [0.5, 0.6) is 0 Å².